The molecule has 0 aliphatic rings. The number of hydrogen-bond acceptors (Lipinski definition) is 3. The molecule has 1 aromatic carbocycles. The molecule has 0 saturated heterocycles. The van der Waals surface area contributed by atoms with Crippen LogP contribution in [-0.2, 0) is 10.0 Å². The number of nitrogen functional groups attached to an aromatic ring is 1. The van der Waals surface area contributed by atoms with Gasteiger partial charge in [0, 0.05) is 6.54 Å². The molecule has 0 aliphatic carbocycles. The van der Waals surface area contributed by atoms with E-state index < -0.39 is 10.0 Å². The molecule has 0 aliphatic heterocycles. The Morgan fingerprint density at radius 3 is 2.00 bits per heavy atom. The predicted octanol–water partition coefficient (Wildman–Crippen LogP) is 3.09. The van der Waals surface area contributed by atoms with E-state index in [0.717, 1.165) is 11.1 Å². The molecule has 120 valence electrons. The van der Waals surface area contributed by atoms with E-state index in [1.54, 1.807) is 12.1 Å². The largest absolute Gasteiger partial charge is 0.398 e. The van der Waals surface area contributed by atoms with Gasteiger partial charge in [-0.25, -0.2) is 13.1 Å². The lowest BCUT2D eigenvalue weighted by Gasteiger charge is -2.25. The van der Waals surface area contributed by atoms with Gasteiger partial charge in [-0.15, -0.1) is 0 Å². The zero-order chi connectivity index (χ0) is 16.4. The minimum atomic E-state index is -3.57. The van der Waals surface area contributed by atoms with Crippen molar-refractivity contribution in [3.8, 4) is 0 Å². The second-order valence-corrected chi connectivity index (χ2v) is 8.21. The van der Waals surface area contributed by atoms with E-state index in [0.29, 0.717) is 30.0 Å². The van der Waals surface area contributed by atoms with Gasteiger partial charge >= 0.3 is 0 Å². The molecule has 0 spiro atoms. The van der Waals surface area contributed by atoms with Crippen LogP contribution in [0.5, 0.6) is 0 Å². The van der Waals surface area contributed by atoms with Crippen LogP contribution in [0.15, 0.2) is 17.0 Å². The molecule has 0 radical (unpaired) electrons. The average molecular weight is 312 g/mol. The second-order valence-electron chi connectivity index (χ2n) is 6.48. The SMILES string of the molecule is Cc1cc(N)c(S(=O)(=O)NCC(C(C)C)C(C)C)cc1C. The van der Waals surface area contributed by atoms with Crippen LogP contribution >= 0.6 is 0 Å². The smallest absolute Gasteiger partial charge is 0.242 e. The third-order valence-electron chi connectivity index (χ3n) is 4.14. The lowest BCUT2D eigenvalue weighted by Crippen LogP contribution is -2.34. The quantitative estimate of drug-likeness (QED) is 0.793. The molecule has 3 N–H and O–H groups in total. The second kappa shape index (κ2) is 6.79. The lowest BCUT2D eigenvalue weighted by atomic mass is 9.86. The topological polar surface area (TPSA) is 72.2 Å². The highest BCUT2D eigenvalue weighted by molar-refractivity contribution is 7.89. The van der Waals surface area contributed by atoms with Gasteiger partial charge in [0.25, 0.3) is 0 Å². The van der Waals surface area contributed by atoms with E-state index in [2.05, 4.69) is 32.4 Å². The first-order valence-corrected chi connectivity index (χ1v) is 8.91. The van der Waals surface area contributed by atoms with Gasteiger partial charge in [-0.1, -0.05) is 27.7 Å². The van der Waals surface area contributed by atoms with Crippen molar-refractivity contribution in [3.05, 3.63) is 23.3 Å². The maximum absolute atomic E-state index is 12.5. The number of sulfonamides is 1. The Morgan fingerprint density at radius 2 is 1.52 bits per heavy atom. The molecule has 0 atom stereocenters. The highest BCUT2D eigenvalue weighted by Gasteiger charge is 2.23. The molecule has 0 amide bonds. The van der Waals surface area contributed by atoms with E-state index in [1.807, 2.05) is 13.8 Å². The summed E-state index contributed by atoms with van der Waals surface area (Å²) < 4.78 is 27.7. The molecule has 5 heteroatoms. The maximum atomic E-state index is 12.5. The summed E-state index contributed by atoms with van der Waals surface area (Å²) in [6.45, 7) is 12.7. The molecule has 0 heterocycles. The van der Waals surface area contributed by atoms with E-state index in [1.165, 1.54) is 0 Å². The standard InChI is InChI=1S/C16H28N2O2S/c1-10(2)14(11(3)4)9-18-21(19,20)16-8-13(6)12(5)7-15(16)17/h7-8,10-11,14,18H,9,17H2,1-6H3. The summed E-state index contributed by atoms with van der Waals surface area (Å²) in [4.78, 5) is 0.178. The summed E-state index contributed by atoms with van der Waals surface area (Å²) in [6.07, 6.45) is 0. The fourth-order valence-electron chi connectivity index (χ4n) is 2.57. The molecular weight excluding hydrogens is 284 g/mol. The molecule has 0 fully saturated rings. The fraction of sp³-hybridized carbons (Fsp3) is 0.625. The van der Waals surface area contributed by atoms with Crippen LogP contribution in [0.2, 0.25) is 0 Å². The number of aryl methyl sites for hydroxylation is 2. The Balaban J connectivity index is 3.00. The van der Waals surface area contributed by atoms with E-state index in [-0.39, 0.29) is 4.90 Å². The third kappa shape index (κ3) is 4.45. The number of hydrogen-bond donors (Lipinski definition) is 2. The molecule has 0 bridgehead atoms. The lowest BCUT2D eigenvalue weighted by molar-refractivity contribution is 0.289. The third-order valence-corrected chi connectivity index (χ3v) is 5.62. The Labute approximate surface area is 129 Å². The van der Waals surface area contributed by atoms with Crippen LogP contribution in [0, 0.1) is 31.6 Å². The molecule has 4 nitrogen and oxygen atoms in total. The number of rotatable bonds is 6. The summed E-state index contributed by atoms with van der Waals surface area (Å²) in [5.74, 6) is 1.14. The van der Waals surface area contributed by atoms with Crippen LogP contribution in [-0.4, -0.2) is 15.0 Å². The number of benzene rings is 1. The van der Waals surface area contributed by atoms with Crippen LogP contribution in [0.1, 0.15) is 38.8 Å². The van der Waals surface area contributed by atoms with Crippen molar-refractivity contribution in [2.75, 3.05) is 12.3 Å². The Kier molecular flexibility index (Phi) is 5.82. The first kappa shape index (κ1) is 18.0. The van der Waals surface area contributed by atoms with Crippen molar-refractivity contribution >= 4 is 15.7 Å². The van der Waals surface area contributed by atoms with Crippen molar-refractivity contribution in [2.45, 2.75) is 46.4 Å². The van der Waals surface area contributed by atoms with Gasteiger partial charge < -0.3 is 5.73 Å². The summed E-state index contributed by atoms with van der Waals surface area (Å²) >= 11 is 0. The van der Waals surface area contributed by atoms with Crippen LogP contribution in [0.3, 0.4) is 0 Å². The van der Waals surface area contributed by atoms with Gasteiger partial charge in [-0.2, -0.15) is 0 Å². The van der Waals surface area contributed by atoms with Gasteiger partial charge in [-0.3, -0.25) is 0 Å². The molecule has 21 heavy (non-hydrogen) atoms. The van der Waals surface area contributed by atoms with Crippen LogP contribution in [0.25, 0.3) is 0 Å². The summed E-state index contributed by atoms with van der Waals surface area (Å²) in [5, 5.41) is 0. The van der Waals surface area contributed by atoms with Gasteiger partial charge in [0.05, 0.1) is 5.69 Å². The summed E-state index contributed by atoms with van der Waals surface area (Å²) in [7, 11) is -3.57. The van der Waals surface area contributed by atoms with Crippen molar-refractivity contribution in [3.63, 3.8) is 0 Å². The van der Waals surface area contributed by atoms with Crippen LogP contribution in [0.4, 0.5) is 5.69 Å². The van der Waals surface area contributed by atoms with Gasteiger partial charge in [-0.05, 0) is 54.9 Å². The van der Waals surface area contributed by atoms with Gasteiger partial charge in [0.2, 0.25) is 10.0 Å². The highest BCUT2D eigenvalue weighted by atomic mass is 32.2. The van der Waals surface area contributed by atoms with Crippen molar-refractivity contribution in [2.24, 2.45) is 17.8 Å². The predicted molar refractivity (Wildman–Crippen MR) is 88.7 cm³/mol. The number of nitrogens with two attached hydrogens (primary N) is 1. The molecule has 0 unspecified atom stereocenters. The van der Waals surface area contributed by atoms with Crippen molar-refractivity contribution < 1.29 is 8.42 Å². The van der Waals surface area contributed by atoms with Crippen molar-refractivity contribution in [1.82, 2.24) is 4.72 Å². The Morgan fingerprint density at radius 1 is 1.05 bits per heavy atom. The van der Waals surface area contributed by atoms with E-state index in [9.17, 15) is 8.42 Å². The van der Waals surface area contributed by atoms with Gasteiger partial charge in [0.1, 0.15) is 4.90 Å². The minimum absolute atomic E-state index is 0.178. The summed E-state index contributed by atoms with van der Waals surface area (Å²) in [6, 6.07) is 3.36. The molecule has 1 rings (SSSR count). The molecule has 0 aromatic heterocycles. The Bertz CT molecular complexity index is 585. The fourth-order valence-corrected chi connectivity index (χ4v) is 3.84. The van der Waals surface area contributed by atoms with Crippen LogP contribution < -0.4 is 10.5 Å². The molecule has 0 saturated carbocycles. The zero-order valence-corrected chi connectivity index (χ0v) is 14.7. The first-order valence-electron chi connectivity index (χ1n) is 7.42. The van der Waals surface area contributed by atoms with Gasteiger partial charge in [0.15, 0.2) is 0 Å². The molecular formula is C16H28N2O2S. The number of nitrogens with one attached hydrogen (secondary N) is 1. The Hall–Kier alpha value is -1.07. The minimum Gasteiger partial charge on any atom is -0.398 e. The van der Waals surface area contributed by atoms with Crippen molar-refractivity contribution in [1.29, 1.82) is 0 Å². The zero-order valence-electron chi connectivity index (χ0n) is 13.9. The average Bonchev–Trinajstić information content (AvgIpc) is 2.32. The number of anilines is 1. The summed E-state index contributed by atoms with van der Waals surface area (Å²) in [5.41, 5.74) is 8.10. The van der Waals surface area contributed by atoms with E-state index in [4.69, 9.17) is 5.73 Å². The molecule has 1 aromatic rings. The monoisotopic (exact) mass is 312 g/mol. The normalized spacial score (nSPS) is 12.6. The first-order chi connectivity index (χ1) is 9.56. The highest BCUT2D eigenvalue weighted by Crippen LogP contribution is 2.24. The van der Waals surface area contributed by atoms with E-state index >= 15 is 0 Å². The maximum Gasteiger partial charge on any atom is 0.242 e.